The summed E-state index contributed by atoms with van der Waals surface area (Å²) in [6, 6.07) is 7.93. The van der Waals surface area contributed by atoms with Crippen LogP contribution in [0.15, 0.2) is 28.7 Å². The summed E-state index contributed by atoms with van der Waals surface area (Å²) in [5, 5.41) is 7.57. The van der Waals surface area contributed by atoms with Crippen molar-refractivity contribution in [1.82, 2.24) is 10.2 Å². The van der Waals surface area contributed by atoms with Gasteiger partial charge in [0.05, 0.1) is 6.54 Å². The second-order valence-corrected chi connectivity index (χ2v) is 3.58. The number of rotatable bonds is 5. The zero-order valence-electron chi connectivity index (χ0n) is 9.72. The molecule has 0 radical (unpaired) electrons. The van der Waals surface area contributed by atoms with Crippen molar-refractivity contribution in [3.63, 3.8) is 0 Å². The van der Waals surface area contributed by atoms with Gasteiger partial charge < -0.3 is 14.9 Å². The average Bonchev–Trinajstić information content (AvgIpc) is 2.85. The van der Waals surface area contributed by atoms with Gasteiger partial charge in [-0.15, -0.1) is 10.2 Å². The first-order chi connectivity index (χ1) is 8.31. The zero-order chi connectivity index (χ0) is 12.1. The minimum atomic E-state index is 0.248. The Bertz CT molecular complexity index is 465. The van der Waals surface area contributed by atoms with Crippen LogP contribution >= 0.6 is 0 Å². The van der Waals surface area contributed by atoms with E-state index in [0.29, 0.717) is 11.8 Å². The van der Waals surface area contributed by atoms with E-state index in [-0.39, 0.29) is 13.2 Å². The van der Waals surface area contributed by atoms with Crippen LogP contribution in [0.1, 0.15) is 24.3 Å². The Morgan fingerprint density at radius 1 is 1.18 bits per heavy atom. The van der Waals surface area contributed by atoms with Crippen LogP contribution in [0.4, 0.5) is 0 Å². The first kappa shape index (κ1) is 11.6. The standard InChI is InChI=1S/C12H15N3O2/c1-2-9-3-5-10(6-4-9)16-8-12-15-14-11(7-13)17-12/h3-6H,2,7-8,13H2,1H3. The van der Waals surface area contributed by atoms with Crippen molar-refractivity contribution in [3.8, 4) is 5.75 Å². The van der Waals surface area contributed by atoms with Crippen LogP contribution in [0.25, 0.3) is 0 Å². The highest BCUT2D eigenvalue weighted by Gasteiger charge is 2.04. The highest BCUT2D eigenvalue weighted by molar-refractivity contribution is 5.27. The van der Waals surface area contributed by atoms with Crippen molar-refractivity contribution < 1.29 is 9.15 Å². The molecule has 0 saturated carbocycles. The Balaban J connectivity index is 1.92. The first-order valence-corrected chi connectivity index (χ1v) is 5.55. The van der Waals surface area contributed by atoms with Gasteiger partial charge in [-0.25, -0.2) is 0 Å². The molecule has 5 nitrogen and oxygen atoms in total. The molecule has 0 saturated heterocycles. The molecule has 1 aromatic heterocycles. The van der Waals surface area contributed by atoms with E-state index in [1.165, 1.54) is 5.56 Å². The van der Waals surface area contributed by atoms with Gasteiger partial charge in [-0.05, 0) is 24.1 Å². The Hall–Kier alpha value is -1.88. The van der Waals surface area contributed by atoms with Gasteiger partial charge in [0, 0.05) is 0 Å². The summed E-state index contributed by atoms with van der Waals surface area (Å²) >= 11 is 0. The Labute approximate surface area is 99.6 Å². The third-order valence-electron chi connectivity index (χ3n) is 2.38. The molecular formula is C12H15N3O2. The SMILES string of the molecule is CCc1ccc(OCc2nnc(CN)o2)cc1. The number of hydrogen-bond donors (Lipinski definition) is 1. The second-order valence-electron chi connectivity index (χ2n) is 3.58. The lowest BCUT2D eigenvalue weighted by atomic mass is 10.2. The van der Waals surface area contributed by atoms with Gasteiger partial charge >= 0.3 is 0 Å². The van der Waals surface area contributed by atoms with Crippen LogP contribution in [0.3, 0.4) is 0 Å². The van der Waals surface area contributed by atoms with Crippen LogP contribution in [0, 0.1) is 0 Å². The predicted molar refractivity (Wildman–Crippen MR) is 62.3 cm³/mol. The van der Waals surface area contributed by atoms with Crippen LogP contribution < -0.4 is 10.5 Å². The van der Waals surface area contributed by atoms with E-state index in [4.69, 9.17) is 14.9 Å². The van der Waals surface area contributed by atoms with Gasteiger partial charge in [-0.2, -0.15) is 0 Å². The molecule has 5 heteroatoms. The van der Waals surface area contributed by atoms with Crippen molar-refractivity contribution in [2.24, 2.45) is 5.73 Å². The Kier molecular flexibility index (Phi) is 3.72. The molecule has 0 amide bonds. The summed E-state index contributed by atoms with van der Waals surface area (Å²) in [5.74, 6) is 1.64. The molecule has 2 rings (SSSR count). The molecule has 1 aromatic carbocycles. The van der Waals surface area contributed by atoms with E-state index in [1.807, 2.05) is 24.3 Å². The summed E-state index contributed by atoms with van der Waals surface area (Å²) in [5.41, 5.74) is 6.64. The number of aryl methyl sites for hydroxylation is 1. The largest absolute Gasteiger partial charge is 0.484 e. The summed E-state index contributed by atoms with van der Waals surface area (Å²) in [7, 11) is 0. The molecule has 0 aliphatic rings. The number of benzene rings is 1. The molecule has 2 aromatic rings. The molecule has 2 N–H and O–H groups in total. The third kappa shape index (κ3) is 3.04. The molecule has 1 heterocycles. The van der Waals surface area contributed by atoms with E-state index in [9.17, 15) is 0 Å². The quantitative estimate of drug-likeness (QED) is 0.850. The fourth-order valence-electron chi connectivity index (χ4n) is 1.40. The molecule has 0 fully saturated rings. The zero-order valence-corrected chi connectivity index (χ0v) is 9.72. The van der Waals surface area contributed by atoms with Gasteiger partial charge in [0.25, 0.3) is 5.89 Å². The number of aromatic nitrogens is 2. The highest BCUT2D eigenvalue weighted by atomic mass is 16.5. The molecule has 0 aliphatic carbocycles. The van der Waals surface area contributed by atoms with E-state index in [1.54, 1.807) is 0 Å². The fraction of sp³-hybridized carbons (Fsp3) is 0.333. The van der Waals surface area contributed by atoms with Crippen LogP contribution in [-0.2, 0) is 19.6 Å². The van der Waals surface area contributed by atoms with Crippen molar-refractivity contribution in [2.45, 2.75) is 26.5 Å². The van der Waals surface area contributed by atoms with Gasteiger partial charge in [0.15, 0.2) is 6.61 Å². The van der Waals surface area contributed by atoms with Gasteiger partial charge in [-0.1, -0.05) is 19.1 Å². The van der Waals surface area contributed by atoms with Gasteiger partial charge in [-0.3, -0.25) is 0 Å². The average molecular weight is 233 g/mol. The summed E-state index contributed by atoms with van der Waals surface area (Å²) in [6.07, 6.45) is 1.02. The smallest absolute Gasteiger partial charge is 0.253 e. The number of hydrogen-bond acceptors (Lipinski definition) is 5. The van der Waals surface area contributed by atoms with E-state index >= 15 is 0 Å². The summed E-state index contributed by atoms with van der Waals surface area (Å²) < 4.78 is 10.7. The molecule has 17 heavy (non-hydrogen) atoms. The second kappa shape index (κ2) is 5.45. The molecule has 0 bridgehead atoms. The minimum absolute atomic E-state index is 0.248. The van der Waals surface area contributed by atoms with E-state index < -0.39 is 0 Å². The lowest BCUT2D eigenvalue weighted by molar-refractivity contribution is 0.259. The molecule has 0 unspecified atom stereocenters. The van der Waals surface area contributed by atoms with Crippen molar-refractivity contribution in [2.75, 3.05) is 0 Å². The van der Waals surface area contributed by atoms with E-state index in [2.05, 4.69) is 17.1 Å². The Morgan fingerprint density at radius 3 is 2.47 bits per heavy atom. The van der Waals surface area contributed by atoms with Crippen LogP contribution in [-0.4, -0.2) is 10.2 Å². The molecule has 0 spiro atoms. The number of nitrogens with two attached hydrogens (primary N) is 1. The van der Waals surface area contributed by atoms with Crippen molar-refractivity contribution in [3.05, 3.63) is 41.6 Å². The maximum atomic E-state index is 5.51. The van der Waals surface area contributed by atoms with Gasteiger partial charge in [0.2, 0.25) is 5.89 Å². The summed E-state index contributed by atoms with van der Waals surface area (Å²) in [6.45, 7) is 2.62. The number of nitrogens with zero attached hydrogens (tertiary/aromatic N) is 2. The minimum Gasteiger partial charge on any atom is -0.484 e. The molecule has 0 atom stereocenters. The van der Waals surface area contributed by atoms with Gasteiger partial charge in [0.1, 0.15) is 5.75 Å². The maximum Gasteiger partial charge on any atom is 0.253 e. The predicted octanol–water partition coefficient (Wildman–Crippen LogP) is 1.67. The maximum absolute atomic E-state index is 5.51. The fourth-order valence-corrected chi connectivity index (χ4v) is 1.40. The highest BCUT2D eigenvalue weighted by Crippen LogP contribution is 2.14. The monoisotopic (exact) mass is 233 g/mol. The Morgan fingerprint density at radius 2 is 1.88 bits per heavy atom. The molecule has 0 aliphatic heterocycles. The lowest BCUT2D eigenvalue weighted by Gasteiger charge is -2.03. The van der Waals surface area contributed by atoms with Crippen molar-refractivity contribution in [1.29, 1.82) is 0 Å². The molecule has 90 valence electrons. The summed E-state index contributed by atoms with van der Waals surface area (Å²) in [4.78, 5) is 0. The van der Waals surface area contributed by atoms with Crippen molar-refractivity contribution >= 4 is 0 Å². The molecular weight excluding hydrogens is 218 g/mol. The lowest BCUT2D eigenvalue weighted by Crippen LogP contribution is -1.96. The normalized spacial score (nSPS) is 10.5. The topological polar surface area (TPSA) is 74.2 Å². The van der Waals surface area contributed by atoms with E-state index in [0.717, 1.165) is 12.2 Å². The third-order valence-corrected chi connectivity index (χ3v) is 2.38. The van der Waals surface area contributed by atoms with Crippen LogP contribution in [0.2, 0.25) is 0 Å². The van der Waals surface area contributed by atoms with Crippen LogP contribution in [0.5, 0.6) is 5.75 Å². The first-order valence-electron chi connectivity index (χ1n) is 5.55. The number of ether oxygens (including phenoxy) is 1.